The number of nitrogens with one attached hydrogen (secondary N) is 1. The van der Waals surface area contributed by atoms with Gasteiger partial charge in [0.1, 0.15) is 0 Å². The standard InChI is InChI=1S/C9H15Cl2N5/c1-16(2)6-4-3-5-12-8-7(10)14-15-9(11)13-8/h3-6H2,1-2H3,(H,12,13,15). The molecular formula is C9H15Cl2N5. The Labute approximate surface area is 105 Å². The first-order valence-electron chi connectivity index (χ1n) is 5.04. The minimum atomic E-state index is 0.0974. The number of nitrogens with zero attached hydrogens (tertiary/aromatic N) is 4. The Morgan fingerprint density at radius 3 is 2.62 bits per heavy atom. The molecule has 0 fully saturated rings. The molecule has 0 aliphatic carbocycles. The number of rotatable bonds is 6. The number of hydrogen-bond acceptors (Lipinski definition) is 5. The molecule has 0 aliphatic heterocycles. The molecule has 0 amide bonds. The van der Waals surface area contributed by atoms with Gasteiger partial charge in [0.2, 0.25) is 5.28 Å². The maximum absolute atomic E-state index is 5.79. The van der Waals surface area contributed by atoms with E-state index in [4.69, 9.17) is 23.2 Å². The van der Waals surface area contributed by atoms with Crippen LogP contribution < -0.4 is 5.32 Å². The highest BCUT2D eigenvalue weighted by atomic mass is 35.5. The van der Waals surface area contributed by atoms with E-state index in [0.717, 1.165) is 25.9 Å². The Morgan fingerprint density at radius 2 is 1.94 bits per heavy atom. The van der Waals surface area contributed by atoms with Crippen molar-refractivity contribution in [3.8, 4) is 0 Å². The predicted octanol–water partition coefficient (Wildman–Crippen LogP) is 1.93. The van der Waals surface area contributed by atoms with Crippen LogP contribution in [0.15, 0.2) is 0 Å². The van der Waals surface area contributed by atoms with Gasteiger partial charge in [-0.1, -0.05) is 11.6 Å². The molecule has 1 aromatic rings. The van der Waals surface area contributed by atoms with Crippen LogP contribution in [-0.2, 0) is 0 Å². The molecular weight excluding hydrogens is 249 g/mol. The van der Waals surface area contributed by atoms with Crippen molar-refractivity contribution in [2.75, 3.05) is 32.5 Å². The summed E-state index contributed by atoms with van der Waals surface area (Å²) in [6.45, 7) is 1.86. The molecule has 0 bridgehead atoms. The first-order valence-corrected chi connectivity index (χ1v) is 5.79. The van der Waals surface area contributed by atoms with Crippen molar-refractivity contribution in [1.29, 1.82) is 0 Å². The Balaban J connectivity index is 2.29. The summed E-state index contributed by atoms with van der Waals surface area (Å²) in [6.07, 6.45) is 2.15. The van der Waals surface area contributed by atoms with Crippen molar-refractivity contribution in [3.05, 3.63) is 10.4 Å². The molecule has 16 heavy (non-hydrogen) atoms. The van der Waals surface area contributed by atoms with Gasteiger partial charge in [-0.25, -0.2) is 0 Å². The molecule has 1 rings (SSSR count). The fourth-order valence-electron chi connectivity index (χ4n) is 1.17. The normalized spacial score (nSPS) is 10.8. The molecule has 0 saturated heterocycles. The van der Waals surface area contributed by atoms with E-state index in [2.05, 4.69) is 39.5 Å². The average Bonchev–Trinajstić information content (AvgIpc) is 2.22. The van der Waals surface area contributed by atoms with Gasteiger partial charge in [0.25, 0.3) is 0 Å². The number of halogens is 2. The van der Waals surface area contributed by atoms with Crippen molar-refractivity contribution in [2.24, 2.45) is 0 Å². The maximum Gasteiger partial charge on any atom is 0.245 e. The number of hydrogen-bond donors (Lipinski definition) is 1. The fraction of sp³-hybridized carbons (Fsp3) is 0.667. The third-order valence-electron chi connectivity index (χ3n) is 1.94. The molecule has 1 N–H and O–H groups in total. The largest absolute Gasteiger partial charge is 0.367 e. The molecule has 0 aliphatic rings. The minimum absolute atomic E-state index is 0.0974. The van der Waals surface area contributed by atoms with Gasteiger partial charge in [-0.2, -0.15) is 4.98 Å². The summed E-state index contributed by atoms with van der Waals surface area (Å²) in [5.74, 6) is 0.492. The first-order chi connectivity index (χ1) is 7.59. The van der Waals surface area contributed by atoms with E-state index in [9.17, 15) is 0 Å². The number of aromatic nitrogens is 3. The van der Waals surface area contributed by atoms with E-state index in [-0.39, 0.29) is 10.4 Å². The van der Waals surface area contributed by atoms with E-state index in [1.54, 1.807) is 0 Å². The number of unbranched alkanes of at least 4 members (excludes halogenated alkanes) is 1. The van der Waals surface area contributed by atoms with Crippen molar-refractivity contribution < 1.29 is 0 Å². The summed E-state index contributed by atoms with van der Waals surface area (Å²) in [7, 11) is 4.11. The summed E-state index contributed by atoms with van der Waals surface area (Å²) in [6, 6.07) is 0. The van der Waals surface area contributed by atoms with Crippen LogP contribution in [0.4, 0.5) is 5.82 Å². The van der Waals surface area contributed by atoms with Crippen LogP contribution in [-0.4, -0.2) is 47.3 Å². The zero-order valence-electron chi connectivity index (χ0n) is 9.37. The SMILES string of the molecule is CN(C)CCCCNc1nc(Cl)nnc1Cl. The molecule has 5 nitrogen and oxygen atoms in total. The van der Waals surface area contributed by atoms with Crippen molar-refractivity contribution in [1.82, 2.24) is 20.1 Å². The molecule has 1 aromatic heterocycles. The van der Waals surface area contributed by atoms with Crippen molar-refractivity contribution >= 4 is 29.0 Å². The number of anilines is 1. The van der Waals surface area contributed by atoms with E-state index in [1.807, 2.05) is 0 Å². The molecule has 1 heterocycles. The Morgan fingerprint density at radius 1 is 1.19 bits per heavy atom. The average molecular weight is 264 g/mol. The molecule has 0 unspecified atom stereocenters. The summed E-state index contributed by atoms with van der Waals surface area (Å²) in [5.41, 5.74) is 0. The van der Waals surface area contributed by atoms with Crippen molar-refractivity contribution in [3.63, 3.8) is 0 Å². The highest BCUT2D eigenvalue weighted by molar-refractivity contribution is 6.32. The second kappa shape index (κ2) is 6.83. The summed E-state index contributed by atoms with van der Waals surface area (Å²) < 4.78 is 0. The van der Waals surface area contributed by atoms with Crippen LogP contribution in [0.25, 0.3) is 0 Å². The molecule has 0 atom stereocenters. The highest BCUT2D eigenvalue weighted by Crippen LogP contribution is 2.16. The van der Waals surface area contributed by atoms with Crippen LogP contribution in [0.5, 0.6) is 0 Å². The molecule has 90 valence electrons. The summed E-state index contributed by atoms with van der Waals surface area (Å²) in [4.78, 5) is 6.09. The van der Waals surface area contributed by atoms with Crippen LogP contribution in [0.1, 0.15) is 12.8 Å². The van der Waals surface area contributed by atoms with Crippen LogP contribution in [0.2, 0.25) is 10.4 Å². The second-order valence-corrected chi connectivity index (χ2v) is 4.35. The van der Waals surface area contributed by atoms with Crippen molar-refractivity contribution in [2.45, 2.75) is 12.8 Å². The molecule has 0 saturated carbocycles. The first kappa shape index (κ1) is 13.4. The van der Waals surface area contributed by atoms with Gasteiger partial charge in [-0.05, 0) is 45.1 Å². The lowest BCUT2D eigenvalue weighted by molar-refractivity contribution is 0.396. The maximum atomic E-state index is 5.79. The topological polar surface area (TPSA) is 53.9 Å². The van der Waals surface area contributed by atoms with Gasteiger partial charge in [-0.3, -0.25) is 0 Å². The third-order valence-corrected chi connectivity index (χ3v) is 2.36. The molecule has 0 spiro atoms. The van der Waals surface area contributed by atoms with Gasteiger partial charge in [-0.15, -0.1) is 10.2 Å². The zero-order chi connectivity index (χ0) is 12.0. The predicted molar refractivity (Wildman–Crippen MR) is 66.1 cm³/mol. The lowest BCUT2D eigenvalue weighted by atomic mass is 10.3. The van der Waals surface area contributed by atoms with E-state index >= 15 is 0 Å². The Bertz CT molecular complexity index is 332. The summed E-state index contributed by atoms with van der Waals surface area (Å²) >= 11 is 11.4. The quantitative estimate of drug-likeness (QED) is 0.796. The minimum Gasteiger partial charge on any atom is -0.367 e. The van der Waals surface area contributed by atoms with E-state index < -0.39 is 0 Å². The van der Waals surface area contributed by atoms with Crippen LogP contribution in [0, 0.1) is 0 Å². The second-order valence-electron chi connectivity index (χ2n) is 3.66. The highest BCUT2D eigenvalue weighted by Gasteiger charge is 2.04. The van der Waals surface area contributed by atoms with Gasteiger partial charge < -0.3 is 10.2 Å². The molecule has 7 heteroatoms. The lowest BCUT2D eigenvalue weighted by Gasteiger charge is -2.09. The van der Waals surface area contributed by atoms with E-state index in [0.29, 0.717) is 5.82 Å². The van der Waals surface area contributed by atoms with Gasteiger partial charge in [0.15, 0.2) is 11.0 Å². The lowest BCUT2D eigenvalue weighted by Crippen LogP contribution is -2.14. The van der Waals surface area contributed by atoms with Gasteiger partial charge in [0.05, 0.1) is 0 Å². The third kappa shape index (κ3) is 4.92. The fourth-order valence-corrected chi connectivity index (χ4v) is 1.43. The summed E-state index contributed by atoms with van der Waals surface area (Å²) in [5, 5.41) is 10.6. The molecule has 0 radical (unpaired) electrons. The monoisotopic (exact) mass is 263 g/mol. The van der Waals surface area contributed by atoms with Gasteiger partial charge >= 0.3 is 0 Å². The van der Waals surface area contributed by atoms with Crippen LogP contribution in [0.3, 0.4) is 0 Å². The molecule has 0 aromatic carbocycles. The Kier molecular flexibility index (Phi) is 5.73. The smallest absolute Gasteiger partial charge is 0.245 e. The zero-order valence-corrected chi connectivity index (χ0v) is 10.9. The van der Waals surface area contributed by atoms with E-state index in [1.165, 1.54) is 0 Å². The van der Waals surface area contributed by atoms with Crippen LogP contribution >= 0.6 is 23.2 Å². The Hall–Kier alpha value is -0.650. The van der Waals surface area contributed by atoms with Gasteiger partial charge in [0, 0.05) is 6.54 Å².